The Bertz CT molecular complexity index is 1750. The first kappa shape index (κ1) is 28.6. The molecule has 1 amide bonds. The summed E-state index contributed by atoms with van der Waals surface area (Å²) in [6.45, 7) is 6.65. The van der Waals surface area contributed by atoms with Crippen molar-refractivity contribution in [1.82, 2.24) is 9.88 Å². The van der Waals surface area contributed by atoms with Crippen LogP contribution in [0.5, 0.6) is 0 Å². The molecule has 2 bridgehead atoms. The Kier molecular flexibility index (Phi) is 7.99. The van der Waals surface area contributed by atoms with Crippen molar-refractivity contribution in [3.8, 4) is 0 Å². The Morgan fingerprint density at radius 3 is 2.53 bits per heavy atom. The lowest BCUT2D eigenvalue weighted by molar-refractivity contribution is 0.0951. The van der Waals surface area contributed by atoms with Crippen molar-refractivity contribution in [3.05, 3.63) is 123 Å². The van der Waals surface area contributed by atoms with E-state index in [-0.39, 0.29) is 29.7 Å². The molecule has 3 N–H and O–H groups in total. The summed E-state index contributed by atoms with van der Waals surface area (Å²) in [4.78, 5) is 28.1. The highest BCUT2D eigenvalue weighted by Crippen LogP contribution is 2.39. The van der Waals surface area contributed by atoms with Crippen molar-refractivity contribution in [2.24, 2.45) is 5.92 Å². The first-order chi connectivity index (χ1) is 20.7. The predicted octanol–water partition coefficient (Wildman–Crippen LogP) is 5.97. The second kappa shape index (κ2) is 12.0. The van der Waals surface area contributed by atoms with E-state index in [1.807, 2.05) is 41.0 Å². The molecular weight excluding hydrogens is 561 g/mol. The molecule has 1 aromatic heterocycles. The third-order valence-corrected chi connectivity index (χ3v) is 8.66. The molecule has 3 heterocycles. The van der Waals surface area contributed by atoms with Crippen molar-refractivity contribution in [3.63, 3.8) is 0 Å². The van der Waals surface area contributed by atoms with Crippen molar-refractivity contribution in [1.29, 1.82) is 0 Å². The van der Waals surface area contributed by atoms with Gasteiger partial charge in [0.2, 0.25) is 0 Å². The van der Waals surface area contributed by atoms with Gasteiger partial charge in [0, 0.05) is 55.1 Å². The Hall–Kier alpha value is -4.50. The molecule has 220 valence electrons. The van der Waals surface area contributed by atoms with Gasteiger partial charge in [-0.2, -0.15) is 0 Å². The SMILES string of the molecule is Cc1ccc(NC(=S)Nc2cc(C(=O)NCc3ccc(F)cc3)ccc2N2C[C@H]3C[C@@H](C2)c2cccc(=O)n2C3)cc1C. The Labute approximate surface area is 255 Å². The van der Waals surface area contributed by atoms with Gasteiger partial charge in [0.15, 0.2) is 5.11 Å². The Balaban J connectivity index is 1.26. The van der Waals surface area contributed by atoms with E-state index in [9.17, 15) is 14.0 Å². The molecule has 0 radical (unpaired) electrons. The van der Waals surface area contributed by atoms with Crippen LogP contribution in [0.15, 0.2) is 83.7 Å². The topological polar surface area (TPSA) is 78.4 Å². The number of benzene rings is 3. The van der Waals surface area contributed by atoms with Crippen molar-refractivity contribution in [2.75, 3.05) is 28.6 Å². The van der Waals surface area contributed by atoms with Crippen LogP contribution in [0.25, 0.3) is 0 Å². The number of nitrogens with zero attached hydrogens (tertiary/aromatic N) is 2. The number of aromatic nitrogens is 1. The fourth-order valence-corrected chi connectivity index (χ4v) is 6.36. The average molecular weight is 596 g/mol. The van der Waals surface area contributed by atoms with E-state index in [0.717, 1.165) is 53.4 Å². The number of piperidine rings is 1. The minimum absolute atomic E-state index is 0.0572. The summed E-state index contributed by atoms with van der Waals surface area (Å²) in [6.07, 6.45) is 1.04. The van der Waals surface area contributed by atoms with Gasteiger partial charge in [0.1, 0.15) is 5.82 Å². The molecule has 1 saturated heterocycles. The second-order valence-corrected chi connectivity index (χ2v) is 11.9. The summed E-state index contributed by atoms with van der Waals surface area (Å²) in [5, 5.41) is 9.99. The smallest absolute Gasteiger partial charge is 0.251 e. The molecule has 2 aliphatic rings. The predicted molar refractivity (Wildman–Crippen MR) is 174 cm³/mol. The van der Waals surface area contributed by atoms with Crippen molar-refractivity contribution < 1.29 is 9.18 Å². The molecule has 0 saturated carbocycles. The number of nitrogens with one attached hydrogen (secondary N) is 3. The number of pyridine rings is 1. The van der Waals surface area contributed by atoms with Crippen LogP contribution >= 0.6 is 12.2 Å². The molecule has 6 rings (SSSR count). The summed E-state index contributed by atoms with van der Waals surface area (Å²) < 4.78 is 15.2. The number of carbonyl (C=O) groups excluding carboxylic acids is 1. The van der Waals surface area contributed by atoms with Crippen LogP contribution in [0, 0.1) is 25.6 Å². The molecule has 2 aliphatic heterocycles. The molecule has 3 aromatic carbocycles. The number of rotatable bonds is 6. The summed E-state index contributed by atoms with van der Waals surface area (Å²) in [5.41, 5.74) is 7.33. The zero-order chi connectivity index (χ0) is 30.1. The van der Waals surface area contributed by atoms with E-state index in [1.54, 1.807) is 18.2 Å². The van der Waals surface area contributed by atoms with Gasteiger partial charge in [-0.05, 0) is 104 Å². The number of fused-ring (bicyclic) bond motifs is 4. The highest BCUT2D eigenvalue weighted by Gasteiger charge is 2.35. The molecule has 0 aliphatic carbocycles. The third-order valence-electron chi connectivity index (χ3n) is 8.46. The number of amides is 1. The van der Waals surface area contributed by atoms with Gasteiger partial charge in [-0.15, -0.1) is 0 Å². The van der Waals surface area contributed by atoms with Crippen LogP contribution in [-0.4, -0.2) is 28.7 Å². The molecule has 0 spiro atoms. The van der Waals surface area contributed by atoms with Crippen LogP contribution in [0.1, 0.15) is 45.1 Å². The maximum Gasteiger partial charge on any atom is 0.251 e. The summed E-state index contributed by atoms with van der Waals surface area (Å²) in [5.74, 6) is 0.00646. The lowest BCUT2D eigenvalue weighted by Gasteiger charge is -2.44. The average Bonchev–Trinajstić information content (AvgIpc) is 2.99. The fraction of sp³-hybridized carbons (Fsp3) is 0.265. The third kappa shape index (κ3) is 6.32. The van der Waals surface area contributed by atoms with Crippen molar-refractivity contribution >= 4 is 40.3 Å². The molecule has 2 atom stereocenters. The van der Waals surface area contributed by atoms with Crippen LogP contribution in [0.3, 0.4) is 0 Å². The fourth-order valence-electron chi connectivity index (χ4n) is 6.14. The first-order valence-corrected chi connectivity index (χ1v) is 14.9. The lowest BCUT2D eigenvalue weighted by atomic mass is 9.83. The van der Waals surface area contributed by atoms with Gasteiger partial charge in [0.25, 0.3) is 11.5 Å². The largest absolute Gasteiger partial charge is 0.369 e. The molecule has 7 nitrogen and oxygen atoms in total. The van der Waals surface area contributed by atoms with Gasteiger partial charge in [-0.1, -0.05) is 24.3 Å². The number of hydrogen-bond acceptors (Lipinski definition) is 4. The van der Waals surface area contributed by atoms with E-state index >= 15 is 0 Å². The number of halogens is 1. The highest BCUT2D eigenvalue weighted by atomic mass is 32.1. The van der Waals surface area contributed by atoms with E-state index in [0.29, 0.717) is 23.1 Å². The molecule has 9 heteroatoms. The summed E-state index contributed by atoms with van der Waals surface area (Å²) in [6, 6.07) is 23.3. The van der Waals surface area contributed by atoms with Gasteiger partial charge >= 0.3 is 0 Å². The number of anilines is 3. The molecular formula is C34H34FN5O2S. The van der Waals surface area contributed by atoms with Crippen LogP contribution in [0.2, 0.25) is 0 Å². The minimum atomic E-state index is -0.316. The molecule has 1 fully saturated rings. The van der Waals surface area contributed by atoms with Gasteiger partial charge in [0.05, 0.1) is 11.4 Å². The highest BCUT2D eigenvalue weighted by molar-refractivity contribution is 7.80. The quantitative estimate of drug-likeness (QED) is 0.239. The monoisotopic (exact) mass is 595 g/mol. The molecule has 43 heavy (non-hydrogen) atoms. The summed E-state index contributed by atoms with van der Waals surface area (Å²) in [7, 11) is 0. The number of hydrogen-bond donors (Lipinski definition) is 3. The van der Waals surface area contributed by atoms with E-state index in [1.165, 1.54) is 17.7 Å². The van der Waals surface area contributed by atoms with Crippen LogP contribution < -0.4 is 26.4 Å². The molecule has 0 unspecified atom stereocenters. The zero-order valence-electron chi connectivity index (χ0n) is 24.2. The number of carbonyl (C=O) groups is 1. The van der Waals surface area contributed by atoms with E-state index in [2.05, 4.69) is 46.8 Å². The van der Waals surface area contributed by atoms with Gasteiger partial charge in [-0.25, -0.2) is 4.39 Å². The Morgan fingerprint density at radius 1 is 0.930 bits per heavy atom. The van der Waals surface area contributed by atoms with E-state index in [4.69, 9.17) is 12.2 Å². The van der Waals surface area contributed by atoms with Crippen LogP contribution in [-0.2, 0) is 13.1 Å². The standard InChI is InChI=1S/C34H34FN5O2S/c1-21-6-12-28(14-22(21)2)37-34(43)38-29-16-25(33(42)36-17-23-7-10-27(35)11-8-23)9-13-31(29)39-18-24-15-26(20-39)30-4-3-5-32(41)40(30)19-24/h3-14,16,24,26H,15,17-20H2,1-2H3,(H,36,42)(H2,37,38,43)/t24-,26+/m1/s1. The maximum atomic E-state index is 13.3. The Morgan fingerprint density at radius 2 is 1.74 bits per heavy atom. The minimum Gasteiger partial charge on any atom is -0.369 e. The second-order valence-electron chi connectivity index (χ2n) is 11.5. The maximum absolute atomic E-state index is 13.3. The normalized spacial score (nSPS) is 17.1. The molecule has 4 aromatic rings. The van der Waals surface area contributed by atoms with Gasteiger partial charge in [-0.3, -0.25) is 9.59 Å². The van der Waals surface area contributed by atoms with Crippen molar-refractivity contribution in [2.45, 2.75) is 39.3 Å². The summed E-state index contributed by atoms with van der Waals surface area (Å²) >= 11 is 5.73. The lowest BCUT2D eigenvalue weighted by Crippen LogP contribution is -2.47. The first-order valence-electron chi connectivity index (χ1n) is 14.5. The van der Waals surface area contributed by atoms with Gasteiger partial charge < -0.3 is 25.4 Å². The van der Waals surface area contributed by atoms with E-state index < -0.39 is 0 Å². The number of aryl methyl sites for hydroxylation is 2. The van der Waals surface area contributed by atoms with Crippen LogP contribution in [0.4, 0.5) is 21.5 Å². The zero-order valence-corrected chi connectivity index (χ0v) is 25.0. The number of thiocarbonyl (C=S) groups is 1.